The third-order valence-corrected chi connectivity index (χ3v) is 2.75. The van der Waals surface area contributed by atoms with E-state index in [2.05, 4.69) is 4.74 Å². The summed E-state index contributed by atoms with van der Waals surface area (Å²) in [5.74, 6) is -0.667. The number of benzene rings is 1. The minimum atomic E-state index is -1.02. The zero-order valence-corrected chi connectivity index (χ0v) is 11.9. The van der Waals surface area contributed by atoms with E-state index in [0.29, 0.717) is 22.1 Å². The topological polar surface area (TPSA) is 117 Å². The Morgan fingerprint density at radius 2 is 2.14 bits per heavy atom. The number of nitrogens with two attached hydrogens (primary N) is 1. The van der Waals surface area contributed by atoms with Crippen molar-refractivity contribution in [3.05, 3.63) is 28.8 Å². The fourth-order valence-electron chi connectivity index (χ4n) is 1.61. The molecule has 1 aliphatic heterocycles. The van der Waals surface area contributed by atoms with Crippen LogP contribution in [-0.4, -0.2) is 31.3 Å². The Hall–Kier alpha value is -2.74. The van der Waals surface area contributed by atoms with Crippen LogP contribution >= 0.6 is 11.6 Å². The number of carbonyl (C=O) groups is 3. The van der Waals surface area contributed by atoms with E-state index in [4.69, 9.17) is 26.8 Å². The van der Waals surface area contributed by atoms with E-state index in [-0.39, 0.29) is 6.79 Å². The molecule has 0 bridgehead atoms. The quantitative estimate of drug-likeness (QED) is 0.625. The van der Waals surface area contributed by atoms with Crippen LogP contribution < -0.4 is 20.5 Å². The second kappa shape index (κ2) is 6.81. The molecule has 2 rings (SSSR count). The first-order chi connectivity index (χ1) is 10.5. The Balaban J connectivity index is 1.92. The molecule has 0 aliphatic carbocycles. The number of carbonyl (C=O) groups excluding carboxylic acids is 3. The van der Waals surface area contributed by atoms with E-state index in [1.807, 2.05) is 0 Å². The van der Waals surface area contributed by atoms with Crippen LogP contribution in [0.4, 0.5) is 4.79 Å². The molecule has 22 heavy (non-hydrogen) atoms. The third kappa shape index (κ3) is 4.13. The van der Waals surface area contributed by atoms with Crippen LogP contribution in [0.25, 0.3) is 6.08 Å². The van der Waals surface area contributed by atoms with Gasteiger partial charge in [0.25, 0.3) is 5.91 Å². The number of amides is 3. The van der Waals surface area contributed by atoms with Gasteiger partial charge in [-0.2, -0.15) is 0 Å². The molecule has 0 aromatic heterocycles. The number of rotatable bonds is 4. The van der Waals surface area contributed by atoms with Gasteiger partial charge in [0.05, 0.1) is 5.02 Å². The van der Waals surface area contributed by atoms with Crippen molar-refractivity contribution >= 4 is 35.6 Å². The Kier molecular flexibility index (Phi) is 4.84. The fraction of sp³-hybridized carbons (Fsp3) is 0.154. The number of urea groups is 1. The van der Waals surface area contributed by atoms with Crippen molar-refractivity contribution in [3.8, 4) is 11.5 Å². The minimum absolute atomic E-state index is 0.0826. The number of hydrogen-bond donors (Lipinski definition) is 2. The van der Waals surface area contributed by atoms with Crippen molar-refractivity contribution in [2.24, 2.45) is 5.73 Å². The highest BCUT2D eigenvalue weighted by Gasteiger charge is 2.17. The summed E-state index contributed by atoms with van der Waals surface area (Å²) in [6.07, 6.45) is 2.54. The van der Waals surface area contributed by atoms with Crippen molar-refractivity contribution < 1.29 is 28.6 Å². The third-order valence-electron chi connectivity index (χ3n) is 2.47. The number of esters is 1. The predicted octanol–water partition coefficient (Wildman–Crippen LogP) is 0.820. The number of primary amides is 1. The number of halogens is 1. The van der Waals surface area contributed by atoms with Crippen LogP contribution in [0.1, 0.15) is 5.56 Å². The van der Waals surface area contributed by atoms with Gasteiger partial charge in [0.2, 0.25) is 6.79 Å². The van der Waals surface area contributed by atoms with Gasteiger partial charge in [-0.25, -0.2) is 9.59 Å². The molecule has 0 unspecified atom stereocenters. The molecule has 1 aromatic carbocycles. The number of nitrogens with one attached hydrogen (secondary N) is 1. The van der Waals surface area contributed by atoms with Crippen LogP contribution in [0.2, 0.25) is 5.02 Å². The summed E-state index contributed by atoms with van der Waals surface area (Å²) in [6.45, 7) is -0.534. The standard InChI is InChI=1S/C13H11ClN2O6/c14-8-3-7(4-9-12(8)22-6-21-9)1-2-11(18)20-5-10(17)16-13(15)19/h1-4H,5-6H2,(H3,15,16,17,19)/b2-1+. The van der Waals surface area contributed by atoms with Gasteiger partial charge >= 0.3 is 12.0 Å². The molecule has 0 spiro atoms. The summed E-state index contributed by atoms with van der Waals surface area (Å²) in [5.41, 5.74) is 5.32. The lowest BCUT2D eigenvalue weighted by Crippen LogP contribution is -2.37. The van der Waals surface area contributed by atoms with Gasteiger partial charge in [-0.1, -0.05) is 11.6 Å². The van der Waals surface area contributed by atoms with Crippen molar-refractivity contribution in [3.63, 3.8) is 0 Å². The molecule has 0 fully saturated rings. The molecule has 116 valence electrons. The summed E-state index contributed by atoms with van der Waals surface area (Å²) in [6, 6.07) is 2.20. The predicted molar refractivity (Wildman–Crippen MR) is 75.3 cm³/mol. The maximum atomic E-state index is 11.4. The second-order valence-electron chi connectivity index (χ2n) is 4.09. The first kappa shape index (κ1) is 15.6. The summed E-state index contributed by atoms with van der Waals surface area (Å²) >= 11 is 5.99. The van der Waals surface area contributed by atoms with E-state index < -0.39 is 24.5 Å². The molecular formula is C13H11ClN2O6. The van der Waals surface area contributed by atoms with E-state index in [9.17, 15) is 14.4 Å². The molecule has 1 aliphatic rings. The molecule has 1 aromatic rings. The molecule has 3 N–H and O–H groups in total. The number of imide groups is 1. The highest BCUT2D eigenvalue weighted by Crippen LogP contribution is 2.39. The average molecular weight is 327 g/mol. The molecule has 9 heteroatoms. The lowest BCUT2D eigenvalue weighted by molar-refractivity contribution is -0.143. The van der Waals surface area contributed by atoms with Gasteiger partial charge in [0, 0.05) is 6.08 Å². The van der Waals surface area contributed by atoms with Gasteiger partial charge < -0.3 is 19.9 Å². The summed E-state index contributed by atoms with van der Waals surface area (Å²) in [4.78, 5) is 32.9. The zero-order chi connectivity index (χ0) is 16.1. The molecule has 0 radical (unpaired) electrons. The summed E-state index contributed by atoms with van der Waals surface area (Å²) in [5, 5.41) is 2.11. The molecule has 0 saturated heterocycles. The van der Waals surface area contributed by atoms with Gasteiger partial charge in [-0.3, -0.25) is 10.1 Å². The van der Waals surface area contributed by atoms with Crippen molar-refractivity contribution in [2.75, 3.05) is 13.4 Å². The Bertz CT molecular complexity index is 658. The lowest BCUT2D eigenvalue weighted by atomic mass is 10.2. The normalized spacial score (nSPS) is 12.2. The zero-order valence-electron chi connectivity index (χ0n) is 11.1. The molecule has 1 heterocycles. The SMILES string of the molecule is NC(=O)NC(=O)COC(=O)/C=C/c1cc(Cl)c2c(c1)OCO2. The molecule has 0 atom stereocenters. The molecule has 8 nitrogen and oxygen atoms in total. The number of ether oxygens (including phenoxy) is 3. The summed E-state index contributed by atoms with van der Waals surface area (Å²) < 4.78 is 15.0. The Morgan fingerprint density at radius 1 is 1.36 bits per heavy atom. The second-order valence-corrected chi connectivity index (χ2v) is 4.50. The maximum absolute atomic E-state index is 11.4. The first-order valence-corrected chi connectivity index (χ1v) is 6.37. The number of fused-ring (bicyclic) bond motifs is 1. The first-order valence-electron chi connectivity index (χ1n) is 5.99. The average Bonchev–Trinajstić information content (AvgIpc) is 2.91. The van der Waals surface area contributed by atoms with Crippen LogP contribution in [0.5, 0.6) is 11.5 Å². The van der Waals surface area contributed by atoms with Crippen LogP contribution in [-0.2, 0) is 14.3 Å². The fourth-order valence-corrected chi connectivity index (χ4v) is 1.88. The molecule has 0 saturated carbocycles. The van der Waals surface area contributed by atoms with E-state index in [1.165, 1.54) is 6.08 Å². The Labute approximate surface area is 129 Å². The van der Waals surface area contributed by atoms with E-state index >= 15 is 0 Å². The Morgan fingerprint density at radius 3 is 2.86 bits per heavy atom. The molecular weight excluding hydrogens is 316 g/mol. The maximum Gasteiger partial charge on any atom is 0.331 e. The largest absolute Gasteiger partial charge is 0.454 e. The van der Waals surface area contributed by atoms with Crippen molar-refractivity contribution in [1.82, 2.24) is 5.32 Å². The highest BCUT2D eigenvalue weighted by molar-refractivity contribution is 6.32. The lowest BCUT2D eigenvalue weighted by Gasteiger charge is -2.02. The van der Waals surface area contributed by atoms with E-state index in [1.54, 1.807) is 17.4 Å². The highest BCUT2D eigenvalue weighted by atomic mass is 35.5. The number of hydrogen-bond acceptors (Lipinski definition) is 6. The summed E-state index contributed by atoms with van der Waals surface area (Å²) in [7, 11) is 0. The van der Waals surface area contributed by atoms with Gasteiger partial charge in [0.15, 0.2) is 18.1 Å². The van der Waals surface area contributed by atoms with Crippen LogP contribution in [0, 0.1) is 0 Å². The van der Waals surface area contributed by atoms with Crippen molar-refractivity contribution in [1.29, 1.82) is 0 Å². The molecule has 3 amide bonds. The van der Waals surface area contributed by atoms with Crippen LogP contribution in [0.15, 0.2) is 18.2 Å². The van der Waals surface area contributed by atoms with Crippen LogP contribution in [0.3, 0.4) is 0 Å². The van der Waals surface area contributed by atoms with Gasteiger partial charge in [0.1, 0.15) is 0 Å². The van der Waals surface area contributed by atoms with Gasteiger partial charge in [-0.15, -0.1) is 0 Å². The van der Waals surface area contributed by atoms with Crippen molar-refractivity contribution in [2.45, 2.75) is 0 Å². The smallest absolute Gasteiger partial charge is 0.331 e. The van der Waals surface area contributed by atoms with Gasteiger partial charge in [-0.05, 0) is 23.8 Å². The van der Waals surface area contributed by atoms with E-state index in [0.717, 1.165) is 6.08 Å². The monoisotopic (exact) mass is 326 g/mol. The minimum Gasteiger partial charge on any atom is -0.454 e.